The molecule has 2 N–H and O–H groups in total. The van der Waals surface area contributed by atoms with Crippen LogP contribution in [0.2, 0.25) is 0 Å². The third-order valence-electron chi connectivity index (χ3n) is 2.39. The molecule has 0 aliphatic rings. The van der Waals surface area contributed by atoms with Crippen molar-refractivity contribution in [2.75, 3.05) is 13.7 Å². The summed E-state index contributed by atoms with van der Waals surface area (Å²) in [7, 11) is 1.65. The third kappa shape index (κ3) is 1.98. The Morgan fingerprint density at radius 3 is 3.07 bits per heavy atom. The second-order valence-electron chi connectivity index (χ2n) is 3.34. The normalized spacial score (nSPS) is 13.2. The number of ether oxygens (including phenoxy) is 1. The van der Waals surface area contributed by atoms with Crippen molar-refractivity contribution in [1.29, 1.82) is 0 Å². The van der Waals surface area contributed by atoms with Crippen LogP contribution in [0.15, 0.2) is 24.4 Å². The largest absolute Gasteiger partial charge is 0.380 e. The second-order valence-corrected chi connectivity index (χ2v) is 3.34. The summed E-state index contributed by atoms with van der Waals surface area (Å²) in [6.45, 7) is 0.484. The molecule has 1 atom stereocenters. The van der Waals surface area contributed by atoms with Gasteiger partial charge in [0.15, 0.2) is 5.65 Å². The Labute approximate surface area is 87.9 Å². The summed E-state index contributed by atoms with van der Waals surface area (Å²) in [6.07, 6.45) is 2.61. The highest BCUT2D eigenvalue weighted by molar-refractivity contribution is 5.37. The highest BCUT2D eigenvalue weighted by atomic mass is 16.5. The van der Waals surface area contributed by atoms with Gasteiger partial charge >= 0.3 is 0 Å². The molecule has 0 aliphatic heterocycles. The van der Waals surface area contributed by atoms with E-state index in [2.05, 4.69) is 10.2 Å². The van der Waals surface area contributed by atoms with E-state index in [0.29, 0.717) is 13.0 Å². The van der Waals surface area contributed by atoms with Gasteiger partial charge in [0.1, 0.15) is 5.82 Å². The number of pyridine rings is 1. The number of rotatable bonds is 4. The molecular formula is C10H14N4O. The predicted molar refractivity (Wildman–Crippen MR) is 56.5 cm³/mol. The number of methoxy groups -OCH3 is 1. The molecule has 1 unspecified atom stereocenters. The summed E-state index contributed by atoms with van der Waals surface area (Å²) in [4.78, 5) is 0. The zero-order chi connectivity index (χ0) is 10.7. The van der Waals surface area contributed by atoms with E-state index in [1.165, 1.54) is 0 Å². The van der Waals surface area contributed by atoms with Crippen molar-refractivity contribution in [3.8, 4) is 0 Å². The van der Waals surface area contributed by atoms with Crippen LogP contribution in [0.3, 0.4) is 0 Å². The Kier molecular flexibility index (Phi) is 2.94. The van der Waals surface area contributed by atoms with Crippen molar-refractivity contribution in [2.24, 2.45) is 5.73 Å². The lowest BCUT2D eigenvalue weighted by atomic mass is 10.2. The molecule has 2 aromatic rings. The minimum absolute atomic E-state index is 0.00222. The van der Waals surface area contributed by atoms with Gasteiger partial charge in [-0.15, -0.1) is 10.2 Å². The summed E-state index contributed by atoms with van der Waals surface area (Å²) in [5.41, 5.74) is 6.41. The third-order valence-corrected chi connectivity index (χ3v) is 2.39. The fourth-order valence-electron chi connectivity index (χ4n) is 1.50. The highest BCUT2D eigenvalue weighted by Gasteiger charge is 2.11. The van der Waals surface area contributed by atoms with Crippen LogP contribution in [0.4, 0.5) is 0 Å². The molecular weight excluding hydrogens is 192 g/mol. The predicted octanol–water partition coefficient (Wildman–Crippen LogP) is 0.245. The monoisotopic (exact) mass is 206 g/mol. The van der Waals surface area contributed by atoms with E-state index in [9.17, 15) is 0 Å². The average molecular weight is 206 g/mol. The van der Waals surface area contributed by atoms with Crippen LogP contribution in [0.25, 0.3) is 5.65 Å². The maximum absolute atomic E-state index is 5.56. The van der Waals surface area contributed by atoms with Gasteiger partial charge in [0.05, 0.1) is 6.10 Å². The van der Waals surface area contributed by atoms with Gasteiger partial charge in [-0.05, 0) is 12.1 Å². The number of nitrogens with zero attached hydrogens (tertiary/aromatic N) is 3. The molecule has 0 aromatic carbocycles. The first kappa shape index (κ1) is 10.1. The van der Waals surface area contributed by atoms with Crippen molar-refractivity contribution < 1.29 is 4.74 Å². The summed E-state index contributed by atoms with van der Waals surface area (Å²) < 4.78 is 7.16. The molecule has 0 saturated carbocycles. The molecule has 5 heteroatoms. The second kappa shape index (κ2) is 4.37. The lowest BCUT2D eigenvalue weighted by Gasteiger charge is -2.10. The van der Waals surface area contributed by atoms with Crippen LogP contribution < -0.4 is 5.73 Å². The molecule has 0 spiro atoms. The van der Waals surface area contributed by atoms with E-state index >= 15 is 0 Å². The number of hydrogen-bond donors (Lipinski definition) is 1. The van der Waals surface area contributed by atoms with Gasteiger partial charge in [-0.1, -0.05) is 6.07 Å². The van der Waals surface area contributed by atoms with Crippen LogP contribution in [0.5, 0.6) is 0 Å². The number of hydrogen-bond acceptors (Lipinski definition) is 4. The first-order valence-electron chi connectivity index (χ1n) is 4.86. The molecule has 0 saturated heterocycles. The van der Waals surface area contributed by atoms with Gasteiger partial charge in [0.25, 0.3) is 0 Å². The molecule has 0 bridgehead atoms. The van der Waals surface area contributed by atoms with Gasteiger partial charge in [-0.3, -0.25) is 4.40 Å². The highest BCUT2D eigenvalue weighted by Crippen LogP contribution is 2.06. The molecule has 0 aliphatic carbocycles. The van der Waals surface area contributed by atoms with Crippen molar-refractivity contribution in [3.05, 3.63) is 30.2 Å². The Morgan fingerprint density at radius 2 is 2.33 bits per heavy atom. The Hall–Kier alpha value is -1.46. The minimum atomic E-state index is -0.00222. The van der Waals surface area contributed by atoms with Crippen molar-refractivity contribution in [3.63, 3.8) is 0 Å². The molecule has 0 amide bonds. The first-order chi connectivity index (χ1) is 7.35. The van der Waals surface area contributed by atoms with E-state index in [0.717, 1.165) is 11.5 Å². The summed E-state index contributed by atoms with van der Waals surface area (Å²) in [5.74, 6) is 0.878. The van der Waals surface area contributed by atoms with Gasteiger partial charge in [-0.2, -0.15) is 0 Å². The standard InChI is InChI=1S/C10H14N4O/c1-15-8(7-11)6-10-13-12-9-4-2-3-5-14(9)10/h2-5,8H,6-7,11H2,1H3. The molecule has 80 valence electrons. The smallest absolute Gasteiger partial charge is 0.160 e. The SMILES string of the molecule is COC(CN)Cc1nnc2ccccn12. The molecule has 2 rings (SSSR count). The van der Waals surface area contributed by atoms with Crippen molar-refractivity contribution in [2.45, 2.75) is 12.5 Å². The number of fused-ring (bicyclic) bond motifs is 1. The number of aromatic nitrogens is 3. The molecule has 0 radical (unpaired) electrons. The Morgan fingerprint density at radius 1 is 1.47 bits per heavy atom. The molecule has 2 aromatic heterocycles. The topological polar surface area (TPSA) is 65.4 Å². The average Bonchev–Trinajstić information content (AvgIpc) is 2.69. The van der Waals surface area contributed by atoms with Crippen LogP contribution >= 0.6 is 0 Å². The van der Waals surface area contributed by atoms with Crippen LogP contribution in [-0.4, -0.2) is 34.4 Å². The van der Waals surface area contributed by atoms with Crippen molar-refractivity contribution >= 4 is 5.65 Å². The van der Waals surface area contributed by atoms with Gasteiger partial charge < -0.3 is 10.5 Å². The fourth-order valence-corrected chi connectivity index (χ4v) is 1.50. The van der Waals surface area contributed by atoms with Crippen molar-refractivity contribution in [1.82, 2.24) is 14.6 Å². The van der Waals surface area contributed by atoms with Gasteiger partial charge in [0.2, 0.25) is 0 Å². The van der Waals surface area contributed by atoms with E-state index in [-0.39, 0.29) is 6.10 Å². The van der Waals surface area contributed by atoms with Gasteiger partial charge in [0, 0.05) is 26.3 Å². The Balaban J connectivity index is 2.28. The maximum atomic E-state index is 5.56. The molecule has 0 fully saturated rings. The minimum Gasteiger partial charge on any atom is -0.380 e. The zero-order valence-corrected chi connectivity index (χ0v) is 8.63. The lowest BCUT2D eigenvalue weighted by Crippen LogP contribution is -2.25. The summed E-state index contributed by atoms with van der Waals surface area (Å²) >= 11 is 0. The first-order valence-corrected chi connectivity index (χ1v) is 4.86. The molecule has 15 heavy (non-hydrogen) atoms. The lowest BCUT2D eigenvalue weighted by molar-refractivity contribution is 0.108. The van der Waals surface area contributed by atoms with Crippen LogP contribution in [-0.2, 0) is 11.2 Å². The number of nitrogens with two attached hydrogens (primary N) is 1. The van der Waals surface area contributed by atoms with Crippen LogP contribution in [0, 0.1) is 0 Å². The molecule has 2 heterocycles. The van der Waals surface area contributed by atoms with Gasteiger partial charge in [-0.25, -0.2) is 0 Å². The summed E-state index contributed by atoms with van der Waals surface area (Å²) in [6, 6.07) is 5.80. The van der Waals surface area contributed by atoms with E-state index < -0.39 is 0 Å². The molecule has 5 nitrogen and oxygen atoms in total. The Bertz CT molecular complexity index is 436. The van der Waals surface area contributed by atoms with E-state index in [1.807, 2.05) is 28.8 Å². The van der Waals surface area contributed by atoms with E-state index in [4.69, 9.17) is 10.5 Å². The maximum Gasteiger partial charge on any atom is 0.160 e. The summed E-state index contributed by atoms with van der Waals surface area (Å²) in [5, 5.41) is 8.17. The van der Waals surface area contributed by atoms with Crippen LogP contribution in [0.1, 0.15) is 5.82 Å². The quantitative estimate of drug-likeness (QED) is 0.778. The fraction of sp³-hybridized carbons (Fsp3) is 0.400. The van der Waals surface area contributed by atoms with E-state index in [1.54, 1.807) is 7.11 Å². The zero-order valence-electron chi connectivity index (χ0n) is 8.63.